The van der Waals surface area contributed by atoms with E-state index < -0.39 is 12.9 Å². The summed E-state index contributed by atoms with van der Waals surface area (Å²) in [6, 6.07) is 4.49. The highest BCUT2D eigenvalue weighted by atomic mass is 19.1. The number of benzene rings is 1. The summed E-state index contributed by atoms with van der Waals surface area (Å²) < 4.78 is 13.2. The Labute approximate surface area is 95.7 Å². The highest BCUT2D eigenvalue weighted by molar-refractivity contribution is 6.58. The van der Waals surface area contributed by atoms with Gasteiger partial charge in [-0.3, -0.25) is 4.90 Å². The van der Waals surface area contributed by atoms with Crippen molar-refractivity contribution in [3.8, 4) is 0 Å². The molecule has 0 heterocycles. The van der Waals surface area contributed by atoms with Crippen molar-refractivity contribution in [3.05, 3.63) is 29.6 Å². The van der Waals surface area contributed by atoms with Gasteiger partial charge in [-0.1, -0.05) is 6.07 Å². The Bertz CT molecular complexity index is 358. The molecule has 0 aliphatic carbocycles. The smallest absolute Gasteiger partial charge is 0.423 e. The van der Waals surface area contributed by atoms with Gasteiger partial charge >= 0.3 is 7.12 Å². The SMILES string of the molecule is CC(C)N(C)Cc1cc(F)cc(B(O)O)c1. The number of hydrogen-bond acceptors (Lipinski definition) is 3. The van der Waals surface area contributed by atoms with Crippen LogP contribution < -0.4 is 5.46 Å². The van der Waals surface area contributed by atoms with E-state index in [1.807, 2.05) is 25.8 Å². The van der Waals surface area contributed by atoms with E-state index in [9.17, 15) is 4.39 Å². The van der Waals surface area contributed by atoms with E-state index in [-0.39, 0.29) is 5.46 Å². The highest BCUT2D eigenvalue weighted by Crippen LogP contribution is 2.07. The Morgan fingerprint density at radius 3 is 2.44 bits per heavy atom. The summed E-state index contributed by atoms with van der Waals surface area (Å²) >= 11 is 0. The molecule has 3 nitrogen and oxygen atoms in total. The predicted molar refractivity (Wildman–Crippen MR) is 62.8 cm³/mol. The normalized spacial score (nSPS) is 11.2. The number of halogens is 1. The van der Waals surface area contributed by atoms with Crippen LogP contribution in [0.5, 0.6) is 0 Å². The second kappa shape index (κ2) is 5.43. The first-order valence-electron chi connectivity index (χ1n) is 5.26. The zero-order chi connectivity index (χ0) is 12.3. The lowest BCUT2D eigenvalue weighted by molar-refractivity contribution is 0.265. The first-order chi connectivity index (χ1) is 7.40. The average Bonchev–Trinajstić information content (AvgIpc) is 2.16. The standard InChI is InChI=1S/C11H17BFNO2/c1-8(2)14(3)7-9-4-10(12(15)16)6-11(13)5-9/h4-6,8,15-16H,7H2,1-3H3. The summed E-state index contributed by atoms with van der Waals surface area (Å²) in [5.74, 6) is -0.447. The van der Waals surface area contributed by atoms with Gasteiger partial charge in [0.2, 0.25) is 0 Å². The number of rotatable bonds is 4. The van der Waals surface area contributed by atoms with Gasteiger partial charge in [0, 0.05) is 12.6 Å². The summed E-state index contributed by atoms with van der Waals surface area (Å²) in [4.78, 5) is 2.04. The van der Waals surface area contributed by atoms with Crippen LogP contribution in [-0.2, 0) is 6.54 Å². The maximum absolute atomic E-state index is 13.2. The molecule has 0 radical (unpaired) electrons. The Balaban J connectivity index is 2.88. The fraction of sp³-hybridized carbons (Fsp3) is 0.455. The summed E-state index contributed by atoms with van der Waals surface area (Å²) in [7, 11) is 0.309. The van der Waals surface area contributed by atoms with Crippen LogP contribution in [0.4, 0.5) is 4.39 Å². The van der Waals surface area contributed by atoms with Gasteiger partial charge < -0.3 is 10.0 Å². The zero-order valence-corrected chi connectivity index (χ0v) is 9.81. The Hall–Kier alpha value is -0.905. The first-order valence-corrected chi connectivity index (χ1v) is 5.26. The Morgan fingerprint density at radius 1 is 1.31 bits per heavy atom. The molecule has 0 aliphatic heterocycles. The molecule has 0 saturated carbocycles. The second-order valence-electron chi connectivity index (χ2n) is 4.28. The van der Waals surface area contributed by atoms with Crippen LogP contribution in [0.3, 0.4) is 0 Å². The Morgan fingerprint density at radius 2 is 1.94 bits per heavy atom. The molecule has 1 rings (SSSR count). The van der Waals surface area contributed by atoms with E-state index in [2.05, 4.69) is 0 Å². The lowest BCUT2D eigenvalue weighted by Crippen LogP contribution is -2.32. The molecule has 0 amide bonds. The van der Waals surface area contributed by atoms with Crippen molar-refractivity contribution in [2.24, 2.45) is 0 Å². The summed E-state index contributed by atoms with van der Waals surface area (Å²) in [6.07, 6.45) is 0. The predicted octanol–water partition coefficient (Wildman–Crippen LogP) is 0.346. The topological polar surface area (TPSA) is 43.7 Å². The molecule has 2 N–H and O–H groups in total. The van der Waals surface area contributed by atoms with Crippen LogP contribution in [0, 0.1) is 5.82 Å². The average molecular weight is 225 g/mol. The van der Waals surface area contributed by atoms with E-state index in [4.69, 9.17) is 10.0 Å². The van der Waals surface area contributed by atoms with Crippen molar-refractivity contribution in [3.63, 3.8) is 0 Å². The van der Waals surface area contributed by atoms with E-state index in [0.29, 0.717) is 12.6 Å². The summed E-state index contributed by atoms with van der Waals surface area (Å²) in [5, 5.41) is 18.0. The second-order valence-corrected chi connectivity index (χ2v) is 4.28. The zero-order valence-electron chi connectivity index (χ0n) is 9.81. The summed E-state index contributed by atoms with van der Waals surface area (Å²) in [5.41, 5.74) is 0.923. The quantitative estimate of drug-likeness (QED) is 0.726. The van der Waals surface area contributed by atoms with Crippen molar-refractivity contribution in [1.29, 1.82) is 0 Å². The lowest BCUT2D eigenvalue weighted by Gasteiger charge is -2.21. The minimum Gasteiger partial charge on any atom is -0.423 e. The molecule has 0 atom stereocenters. The van der Waals surface area contributed by atoms with Crippen molar-refractivity contribution < 1.29 is 14.4 Å². The maximum Gasteiger partial charge on any atom is 0.488 e. The first kappa shape index (κ1) is 13.2. The molecule has 0 bridgehead atoms. The van der Waals surface area contributed by atoms with Crippen LogP contribution in [0.1, 0.15) is 19.4 Å². The molecule has 0 aromatic heterocycles. The molecule has 0 spiro atoms. The molecule has 5 heteroatoms. The molecular formula is C11H17BFNO2. The third kappa shape index (κ3) is 3.59. The summed E-state index contributed by atoms with van der Waals surface area (Å²) in [6.45, 7) is 4.66. The minimum atomic E-state index is -1.63. The molecule has 0 fully saturated rings. The number of hydrogen-bond donors (Lipinski definition) is 2. The van der Waals surface area contributed by atoms with Crippen LogP contribution in [-0.4, -0.2) is 35.2 Å². The van der Waals surface area contributed by atoms with Crippen LogP contribution in [0.2, 0.25) is 0 Å². The van der Waals surface area contributed by atoms with Gasteiger partial charge in [0.05, 0.1) is 0 Å². The van der Waals surface area contributed by atoms with Crippen LogP contribution in [0.15, 0.2) is 18.2 Å². The molecule has 1 aromatic rings. The van der Waals surface area contributed by atoms with Crippen LogP contribution in [0.25, 0.3) is 0 Å². The molecule has 0 unspecified atom stereocenters. The third-order valence-corrected chi connectivity index (χ3v) is 2.59. The lowest BCUT2D eigenvalue weighted by atomic mass is 9.79. The van der Waals surface area contributed by atoms with E-state index in [1.54, 1.807) is 6.07 Å². The van der Waals surface area contributed by atoms with Gasteiger partial charge in [0.25, 0.3) is 0 Å². The van der Waals surface area contributed by atoms with Crippen LogP contribution >= 0.6 is 0 Å². The van der Waals surface area contributed by atoms with E-state index in [1.165, 1.54) is 6.07 Å². The van der Waals surface area contributed by atoms with Gasteiger partial charge in [-0.2, -0.15) is 0 Å². The molecule has 88 valence electrons. The minimum absolute atomic E-state index is 0.187. The van der Waals surface area contributed by atoms with Crippen molar-refractivity contribution in [2.75, 3.05) is 7.05 Å². The molecule has 16 heavy (non-hydrogen) atoms. The largest absolute Gasteiger partial charge is 0.488 e. The maximum atomic E-state index is 13.2. The molecule has 0 aliphatic rings. The van der Waals surface area contributed by atoms with Gasteiger partial charge in [0.1, 0.15) is 5.82 Å². The number of nitrogens with zero attached hydrogens (tertiary/aromatic N) is 1. The fourth-order valence-electron chi connectivity index (χ4n) is 1.39. The van der Waals surface area contributed by atoms with Gasteiger partial charge in [-0.05, 0) is 44.1 Å². The van der Waals surface area contributed by atoms with E-state index >= 15 is 0 Å². The fourth-order valence-corrected chi connectivity index (χ4v) is 1.39. The van der Waals surface area contributed by atoms with Crippen molar-refractivity contribution >= 4 is 12.6 Å². The third-order valence-electron chi connectivity index (χ3n) is 2.59. The van der Waals surface area contributed by atoms with Gasteiger partial charge in [0.15, 0.2) is 0 Å². The monoisotopic (exact) mass is 225 g/mol. The van der Waals surface area contributed by atoms with Gasteiger partial charge in [-0.25, -0.2) is 4.39 Å². The molecular weight excluding hydrogens is 208 g/mol. The van der Waals surface area contributed by atoms with Crippen molar-refractivity contribution in [1.82, 2.24) is 4.90 Å². The molecule has 0 saturated heterocycles. The van der Waals surface area contributed by atoms with E-state index in [0.717, 1.165) is 11.6 Å². The molecule has 1 aromatic carbocycles. The van der Waals surface area contributed by atoms with Gasteiger partial charge in [-0.15, -0.1) is 0 Å². The van der Waals surface area contributed by atoms with Crippen molar-refractivity contribution in [2.45, 2.75) is 26.4 Å². The highest BCUT2D eigenvalue weighted by Gasteiger charge is 2.14. The Kier molecular flexibility index (Phi) is 4.47.